The molecule has 5 heteroatoms. The van der Waals surface area contributed by atoms with Crippen LogP contribution in [-0.4, -0.2) is 35.7 Å². The molecule has 2 unspecified atom stereocenters. The topological polar surface area (TPSA) is 75.6 Å². The zero-order valence-electron chi connectivity index (χ0n) is 11.4. The van der Waals surface area contributed by atoms with Gasteiger partial charge in [-0.2, -0.15) is 0 Å². The average Bonchev–Trinajstić information content (AvgIpc) is 2.69. The number of rotatable bonds is 6. The van der Waals surface area contributed by atoms with E-state index in [2.05, 4.69) is 5.32 Å². The van der Waals surface area contributed by atoms with Gasteiger partial charge >= 0.3 is 5.97 Å². The zero-order chi connectivity index (χ0) is 13.8. The largest absolute Gasteiger partial charge is 0.481 e. The Morgan fingerprint density at radius 3 is 2.56 bits per heavy atom. The van der Waals surface area contributed by atoms with Crippen LogP contribution in [0.25, 0.3) is 0 Å². The molecule has 1 amide bonds. The molecular formula is C13H23NO4. The molecule has 1 fully saturated rings. The number of carbonyl (C=O) groups excluding carboxylic acids is 1. The number of carbonyl (C=O) groups is 2. The second kappa shape index (κ2) is 6.18. The van der Waals surface area contributed by atoms with Crippen LogP contribution in [0.2, 0.25) is 0 Å². The van der Waals surface area contributed by atoms with Crippen molar-refractivity contribution in [2.24, 2.45) is 5.41 Å². The summed E-state index contributed by atoms with van der Waals surface area (Å²) in [5.74, 6) is -1.01. The fraction of sp³-hybridized carbons (Fsp3) is 0.846. The number of carboxylic acid groups (broad SMARTS) is 1. The molecule has 1 saturated heterocycles. The summed E-state index contributed by atoms with van der Waals surface area (Å²) < 4.78 is 5.62. The quantitative estimate of drug-likeness (QED) is 0.757. The van der Waals surface area contributed by atoms with Gasteiger partial charge in [-0.3, -0.25) is 9.59 Å². The van der Waals surface area contributed by atoms with Gasteiger partial charge in [0.15, 0.2) is 0 Å². The summed E-state index contributed by atoms with van der Waals surface area (Å²) in [4.78, 5) is 22.5. The van der Waals surface area contributed by atoms with Crippen LogP contribution in [0, 0.1) is 5.41 Å². The molecule has 5 nitrogen and oxygen atoms in total. The van der Waals surface area contributed by atoms with Gasteiger partial charge in [-0.15, -0.1) is 0 Å². The molecule has 0 spiro atoms. The number of hydrogen-bond donors (Lipinski definition) is 2. The second-order valence-electron chi connectivity index (χ2n) is 5.65. The molecule has 2 N–H and O–H groups in total. The molecule has 0 bridgehead atoms. The van der Waals surface area contributed by atoms with Gasteiger partial charge < -0.3 is 15.2 Å². The van der Waals surface area contributed by atoms with E-state index in [9.17, 15) is 9.59 Å². The first-order chi connectivity index (χ1) is 8.31. The smallest absolute Gasteiger partial charge is 0.310 e. The lowest BCUT2D eigenvalue weighted by atomic mass is 9.94. The highest BCUT2D eigenvalue weighted by Gasteiger charge is 2.28. The van der Waals surface area contributed by atoms with Crippen molar-refractivity contribution in [2.45, 2.75) is 58.7 Å². The van der Waals surface area contributed by atoms with Crippen LogP contribution < -0.4 is 5.32 Å². The van der Waals surface area contributed by atoms with Gasteiger partial charge in [0.2, 0.25) is 5.91 Å². The third kappa shape index (κ3) is 4.64. The summed E-state index contributed by atoms with van der Waals surface area (Å²) in [6.07, 6.45) is 3.65. The second-order valence-corrected chi connectivity index (χ2v) is 5.65. The fourth-order valence-corrected chi connectivity index (χ4v) is 1.87. The Bertz CT molecular complexity index is 314. The van der Waals surface area contributed by atoms with Gasteiger partial charge in [0.25, 0.3) is 0 Å². The van der Waals surface area contributed by atoms with Crippen molar-refractivity contribution in [3.8, 4) is 0 Å². The number of hydrogen-bond acceptors (Lipinski definition) is 3. The molecule has 1 heterocycles. The Morgan fingerprint density at radius 1 is 1.39 bits per heavy atom. The Labute approximate surface area is 108 Å². The van der Waals surface area contributed by atoms with Crippen LogP contribution >= 0.6 is 0 Å². The lowest BCUT2D eigenvalue weighted by Crippen LogP contribution is -2.39. The lowest BCUT2D eigenvalue weighted by molar-refractivity contribution is -0.146. The normalized spacial score (nSPS) is 23.9. The van der Waals surface area contributed by atoms with Gasteiger partial charge in [-0.1, -0.05) is 0 Å². The van der Waals surface area contributed by atoms with Gasteiger partial charge in [-0.25, -0.2) is 0 Å². The maximum absolute atomic E-state index is 11.6. The molecule has 0 aromatic heterocycles. The summed E-state index contributed by atoms with van der Waals surface area (Å²) in [5, 5.41) is 11.6. The highest BCUT2D eigenvalue weighted by atomic mass is 16.5. The molecule has 0 saturated carbocycles. The van der Waals surface area contributed by atoms with Crippen molar-refractivity contribution < 1.29 is 19.4 Å². The van der Waals surface area contributed by atoms with Crippen LogP contribution in [0.4, 0.5) is 0 Å². The van der Waals surface area contributed by atoms with Crippen molar-refractivity contribution in [1.29, 1.82) is 0 Å². The van der Waals surface area contributed by atoms with E-state index >= 15 is 0 Å². The summed E-state index contributed by atoms with van der Waals surface area (Å²) in [7, 11) is 0. The Morgan fingerprint density at radius 2 is 2.06 bits per heavy atom. The van der Waals surface area contributed by atoms with E-state index in [1.54, 1.807) is 13.8 Å². The fourth-order valence-electron chi connectivity index (χ4n) is 1.87. The molecule has 104 valence electrons. The van der Waals surface area contributed by atoms with Crippen LogP contribution in [0.3, 0.4) is 0 Å². The highest BCUT2D eigenvalue weighted by Crippen LogP contribution is 2.22. The molecule has 0 aromatic rings. The molecule has 2 atom stereocenters. The minimum absolute atomic E-state index is 0.104. The molecule has 1 aliphatic rings. The Hall–Kier alpha value is -1.10. The summed E-state index contributed by atoms with van der Waals surface area (Å²) >= 11 is 0. The molecule has 18 heavy (non-hydrogen) atoms. The average molecular weight is 257 g/mol. The Kier molecular flexibility index (Phi) is 5.14. The summed E-state index contributed by atoms with van der Waals surface area (Å²) in [5.41, 5.74) is -0.923. The third-order valence-electron chi connectivity index (χ3n) is 3.32. The molecule has 1 rings (SSSR count). The molecule has 0 radical (unpaired) electrons. The molecule has 0 aromatic carbocycles. The third-order valence-corrected chi connectivity index (χ3v) is 3.32. The van der Waals surface area contributed by atoms with Gasteiger partial charge in [0, 0.05) is 13.0 Å². The maximum atomic E-state index is 11.6. The van der Waals surface area contributed by atoms with Crippen LogP contribution in [0.15, 0.2) is 0 Å². The number of ether oxygens (including phenoxy) is 1. The standard InChI is InChI=1S/C13H23NO4/c1-9-4-5-10(18-9)6-7-11(15)14-8-13(2,3)12(16)17/h9-10H,4-8H2,1-3H3,(H,14,15)(H,16,17). The minimum Gasteiger partial charge on any atom is -0.481 e. The van der Waals surface area contributed by atoms with Gasteiger partial charge in [-0.05, 0) is 40.0 Å². The molecule has 0 aliphatic carbocycles. The highest BCUT2D eigenvalue weighted by molar-refractivity contribution is 5.78. The number of aliphatic carboxylic acids is 1. The van der Waals surface area contributed by atoms with Crippen LogP contribution in [0.1, 0.15) is 46.5 Å². The zero-order valence-corrected chi connectivity index (χ0v) is 11.4. The van der Waals surface area contributed by atoms with Gasteiger partial charge in [0.05, 0.1) is 17.6 Å². The SMILES string of the molecule is CC1CCC(CCC(=O)NCC(C)(C)C(=O)O)O1. The van der Waals surface area contributed by atoms with E-state index < -0.39 is 11.4 Å². The predicted octanol–water partition coefficient (Wildman–Crippen LogP) is 1.56. The van der Waals surface area contributed by atoms with Crippen molar-refractivity contribution in [1.82, 2.24) is 5.32 Å². The van der Waals surface area contributed by atoms with E-state index in [0.29, 0.717) is 18.9 Å². The first-order valence-electron chi connectivity index (χ1n) is 6.47. The maximum Gasteiger partial charge on any atom is 0.310 e. The van der Waals surface area contributed by atoms with Crippen molar-refractivity contribution >= 4 is 11.9 Å². The molecule has 1 aliphatic heterocycles. The van der Waals surface area contributed by atoms with E-state index in [1.807, 2.05) is 6.92 Å². The van der Waals surface area contributed by atoms with E-state index in [0.717, 1.165) is 12.8 Å². The monoisotopic (exact) mass is 257 g/mol. The van der Waals surface area contributed by atoms with Crippen molar-refractivity contribution in [3.05, 3.63) is 0 Å². The Balaban J connectivity index is 2.20. The first kappa shape index (κ1) is 15.0. The number of amides is 1. The van der Waals surface area contributed by atoms with E-state index in [-0.39, 0.29) is 18.6 Å². The number of nitrogens with one attached hydrogen (secondary N) is 1. The lowest BCUT2D eigenvalue weighted by Gasteiger charge is -2.19. The first-order valence-corrected chi connectivity index (χ1v) is 6.47. The van der Waals surface area contributed by atoms with Crippen molar-refractivity contribution in [2.75, 3.05) is 6.54 Å². The predicted molar refractivity (Wildman–Crippen MR) is 67.2 cm³/mol. The minimum atomic E-state index is -0.923. The van der Waals surface area contributed by atoms with E-state index in [4.69, 9.17) is 9.84 Å². The van der Waals surface area contributed by atoms with Gasteiger partial charge in [0.1, 0.15) is 0 Å². The van der Waals surface area contributed by atoms with E-state index in [1.165, 1.54) is 0 Å². The molecular weight excluding hydrogens is 234 g/mol. The summed E-state index contributed by atoms with van der Waals surface area (Å²) in [6, 6.07) is 0. The summed E-state index contributed by atoms with van der Waals surface area (Å²) in [6.45, 7) is 5.38. The van der Waals surface area contributed by atoms with Crippen molar-refractivity contribution in [3.63, 3.8) is 0 Å². The van der Waals surface area contributed by atoms with Crippen LogP contribution in [0.5, 0.6) is 0 Å². The van der Waals surface area contributed by atoms with Crippen LogP contribution in [-0.2, 0) is 14.3 Å². The number of carboxylic acids is 1.